The Labute approximate surface area is 126 Å². The van der Waals surface area contributed by atoms with Gasteiger partial charge in [-0.2, -0.15) is 0 Å². The van der Waals surface area contributed by atoms with E-state index < -0.39 is 0 Å². The van der Waals surface area contributed by atoms with E-state index in [0.717, 1.165) is 12.8 Å². The van der Waals surface area contributed by atoms with Crippen molar-refractivity contribution in [1.82, 2.24) is 0 Å². The molecule has 0 saturated heterocycles. The van der Waals surface area contributed by atoms with Crippen LogP contribution in [0, 0.1) is 22.0 Å². The summed E-state index contributed by atoms with van der Waals surface area (Å²) in [6.45, 7) is 2.24. The number of rotatable bonds is 3. The van der Waals surface area contributed by atoms with Crippen molar-refractivity contribution in [2.75, 3.05) is 0 Å². The molecule has 0 N–H and O–H groups in total. The lowest BCUT2D eigenvalue weighted by atomic mass is 9.79. The van der Waals surface area contributed by atoms with Crippen LogP contribution < -0.4 is 0 Å². The maximum atomic E-state index is 11.1. The smallest absolute Gasteiger partial charge is 0.258 e. The van der Waals surface area contributed by atoms with Gasteiger partial charge in [-0.3, -0.25) is 10.1 Å². The molecule has 1 saturated carbocycles. The SMILES string of the molecule is CC1CCC(Br)C(Cc2c(Cl)cccc2[N+](=O)[O-])C1. The molecule has 0 aliphatic heterocycles. The normalized spacial score (nSPS) is 27.2. The third-order valence-electron chi connectivity index (χ3n) is 3.91. The molecule has 3 nitrogen and oxygen atoms in total. The zero-order chi connectivity index (χ0) is 14.0. The van der Waals surface area contributed by atoms with Gasteiger partial charge in [0, 0.05) is 16.5 Å². The first-order chi connectivity index (χ1) is 8.99. The zero-order valence-electron chi connectivity index (χ0n) is 10.8. The predicted octanol–water partition coefficient (Wildman–Crippen LogP) is 4.99. The van der Waals surface area contributed by atoms with Gasteiger partial charge >= 0.3 is 0 Å². The molecule has 3 atom stereocenters. The van der Waals surface area contributed by atoms with Gasteiger partial charge < -0.3 is 0 Å². The molecule has 19 heavy (non-hydrogen) atoms. The summed E-state index contributed by atoms with van der Waals surface area (Å²) in [6, 6.07) is 4.91. The second kappa shape index (κ2) is 6.23. The number of nitro benzene ring substituents is 1. The van der Waals surface area contributed by atoms with E-state index in [2.05, 4.69) is 22.9 Å². The Morgan fingerprint density at radius 2 is 2.21 bits per heavy atom. The van der Waals surface area contributed by atoms with E-state index in [1.54, 1.807) is 12.1 Å². The molecule has 0 aromatic heterocycles. The van der Waals surface area contributed by atoms with Crippen LogP contribution in [0.15, 0.2) is 18.2 Å². The molecule has 0 amide bonds. The van der Waals surface area contributed by atoms with Crippen molar-refractivity contribution in [2.45, 2.75) is 37.4 Å². The van der Waals surface area contributed by atoms with E-state index in [9.17, 15) is 10.1 Å². The highest BCUT2D eigenvalue weighted by Crippen LogP contribution is 2.38. The lowest BCUT2D eigenvalue weighted by Gasteiger charge is -2.31. The molecular formula is C14H17BrClNO2. The molecule has 1 aliphatic rings. The van der Waals surface area contributed by atoms with E-state index in [-0.39, 0.29) is 10.6 Å². The average molecular weight is 347 g/mol. The predicted molar refractivity (Wildman–Crippen MR) is 81.0 cm³/mol. The fourth-order valence-corrected chi connectivity index (χ4v) is 3.77. The Balaban J connectivity index is 2.25. The lowest BCUT2D eigenvalue weighted by molar-refractivity contribution is -0.385. The van der Waals surface area contributed by atoms with Gasteiger partial charge in [0.15, 0.2) is 0 Å². The van der Waals surface area contributed by atoms with E-state index in [0.29, 0.717) is 33.7 Å². The van der Waals surface area contributed by atoms with Crippen molar-refractivity contribution in [3.8, 4) is 0 Å². The number of hydrogen-bond donors (Lipinski definition) is 0. The summed E-state index contributed by atoms with van der Waals surface area (Å²) >= 11 is 9.87. The Hall–Kier alpha value is -0.610. The Morgan fingerprint density at radius 3 is 2.89 bits per heavy atom. The second-order valence-corrected chi connectivity index (χ2v) is 6.98. The van der Waals surface area contributed by atoms with Crippen molar-refractivity contribution in [2.24, 2.45) is 11.8 Å². The zero-order valence-corrected chi connectivity index (χ0v) is 13.2. The molecule has 0 bridgehead atoms. The highest BCUT2D eigenvalue weighted by molar-refractivity contribution is 9.09. The number of alkyl halides is 1. The van der Waals surface area contributed by atoms with Gasteiger partial charge in [0.2, 0.25) is 0 Å². The standard InChI is InChI=1S/C14H17BrClNO2/c1-9-5-6-12(15)10(7-9)8-11-13(16)3-2-4-14(11)17(18)19/h2-4,9-10,12H,5-8H2,1H3. The highest BCUT2D eigenvalue weighted by atomic mass is 79.9. The van der Waals surface area contributed by atoms with Crippen LogP contribution in [-0.4, -0.2) is 9.75 Å². The number of benzene rings is 1. The molecule has 0 heterocycles. The van der Waals surface area contributed by atoms with Gasteiger partial charge in [0.1, 0.15) is 0 Å². The monoisotopic (exact) mass is 345 g/mol. The fraction of sp³-hybridized carbons (Fsp3) is 0.571. The minimum Gasteiger partial charge on any atom is -0.258 e. The van der Waals surface area contributed by atoms with Crippen LogP contribution in [0.5, 0.6) is 0 Å². The lowest BCUT2D eigenvalue weighted by Crippen LogP contribution is -2.26. The fourth-order valence-electron chi connectivity index (χ4n) is 2.86. The van der Waals surface area contributed by atoms with Crippen LogP contribution in [0.3, 0.4) is 0 Å². The van der Waals surface area contributed by atoms with Crippen LogP contribution >= 0.6 is 27.5 Å². The van der Waals surface area contributed by atoms with E-state index in [4.69, 9.17) is 11.6 Å². The Kier molecular flexibility index (Phi) is 4.85. The van der Waals surface area contributed by atoms with Crippen molar-refractivity contribution in [3.63, 3.8) is 0 Å². The molecule has 3 unspecified atom stereocenters. The Bertz CT molecular complexity index is 481. The quantitative estimate of drug-likeness (QED) is 0.439. The van der Waals surface area contributed by atoms with Crippen molar-refractivity contribution >= 4 is 33.2 Å². The minimum atomic E-state index is -0.337. The molecule has 1 aromatic rings. The number of halogens is 2. The van der Waals surface area contributed by atoms with Crippen LogP contribution in [0.2, 0.25) is 5.02 Å². The third-order valence-corrected chi connectivity index (χ3v) is 5.47. The van der Waals surface area contributed by atoms with E-state index in [1.807, 2.05) is 0 Å². The van der Waals surface area contributed by atoms with Crippen LogP contribution in [0.25, 0.3) is 0 Å². The van der Waals surface area contributed by atoms with Gasteiger partial charge in [0.25, 0.3) is 5.69 Å². The summed E-state index contributed by atoms with van der Waals surface area (Å²) in [5, 5.41) is 11.6. The first kappa shape index (κ1) is 14.8. The number of nitro groups is 1. The summed E-state index contributed by atoms with van der Waals surface area (Å²) in [7, 11) is 0. The largest absolute Gasteiger partial charge is 0.274 e. The van der Waals surface area contributed by atoms with Crippen molar-refractivity contribution < 1.29 is 4.92 Å². The topological polar surface area (TPSA) is 43.1 Å². The van der Waals surface area contributed by atoms with Gasteiger partial charge in [-0.1, -0.05) is 40.5 Å². The van der Waals surface area contributed by atoms with Crippen LogP contribution in [0.1, 0.15) is 31.7 Å². The molecule has 5 heteroatoms. The first-order valence-corrected chi connectivity index (χ1v) is 7.84. The van der Waals surface area contributed by atoms with Gasteiger partial charge in [-0.15, -0.1) is 0 Å². The van der Waals surface area contributed by atoms with Gasteiger partial charge in [-0.05, 0) is 43.6 Å². The number of nitrogens with zero attached hydrogens (tertiary/aromatic N) is 1. The summed E-state index contributed by atoms with van der Waals surface area (Å²) in [5.41, 5.74) is 0.822. The maximum absolute atomic E-state index is 11.1. The molecule has 1 aromatic carbocycles. The van der Waals surface area contributed by atoms with Crippen molar-refractivity contribution in [1.29, 1.82) is 0 Å². The van der Waals surface area contributed by atoms with Crippen molar-refractivity contribution in [3.05, 3.63) is 38.9 Å². The third kappa shape index (κ3) is 3.48. The molecule has 0 spiro atoms. The average Bonchev–Trinajstić information content (AvgIpc) is 2.35. The summed E-state index contributed by atoms with van der Waals surface area (Å²) in [5.74, 6) is 1.10. The summed E-state index contributed by atoms with van der Waals surface area (Å²) in [4.78, 5) is 11.2. The maximum Gasteiger partial charge on any atom is 0.274 e. The van der Waals surface area contributed by atoms with E-state index in [1.165, 1.54) is 12.5 Å². The molecule has 1 aliphatic carbocycles. The number of hydrogen-bond acceptors (Lipinski definition) is 2. The molecule has 104 valence electrons. The minimum absolute atomic E-state index is 0.144. The highest BCUT2D eigenvalue weighted by Gasteiger charge is 2.29. The van der Waals surface area contributed by atoms with Crippen LogP contribution in [-0.2, 0) is 6.42 Å². The van der Waals surface area contributed by atoms with Gasteiger partial charge in [-0.25, -0.2) is 0 Å². The molecule has 2 rings (SSSR count). The van der Waals surface area contributed by atoms with E-state index >= 15 is 0 Å². The van der Waals surface area contributed by atoms with Crippen LogP contribution in [0.4, 0.5) is 5.69 Å². The Morgan fingerprint density at radius 1 is 1.47 bits per heavy atom. The first-order valence-electron chi connectivity index (χ1n) is 6.55. The molecular weight excluding hydrogens is 330 g/mol. The summed E-state index contributed by atoms with van der Waals surface area (Å²) in [6.07, 6.45) is 4.12. The molecule has 0 radical (unpaired) electrons. The second-order valence-electron chi connectivity index (χ2n) is 5.39. The summed E-state index contributed by atoms with van der Waals surface area (Å²) < 4.78 is 0. The van der Waals surface area contributed by atoms with Gasteiger partial charge in [0.05, 0.1) is 9.95 Å². The molecule has 1 fully saturated rings.